The molecule has 6 heteroatoms. The van der Waals surface area contributed by atoms with Gasteiger partial charge in [0, 0.05) is 26.1 Å². The minimum atomic E-state index is 0. The zero-order chi connectivity index (χ0) is 19.1. The highest BCUT2D eigenvalue weighted by atomic mass is 35.5. The van der Waals surface area contributed by atoms with Crippen molar-refractivity contribution in [1.82, 2.24) is 15.5 Å². The van der Waals surface area contributed by atoms with Crippen molar-refractivity contribution in [3.63, 3.8) is 0 Å². The van der Waals surface area contributed by atoms with Crippen LogP contribution in [0.15, 0.2) is 24.3 Å². The summed E-state index contributed by atoms with van der Waals surface area (Å²) >= 11 is 0. The van der Waals surface area contributed by atoms with Gasteiger partial charge in [-0.25, -0.2) is 0 Å². The first-order valence-electron chi connectivity index (χ1n) is 10.9. The molecule has 2 heterocycles. The Morgan fingerprint density at radius 2 is 1.97 bits per heavy atom. The Morgan fingerprint density at radius 1 is 1.21 bits per heavy atom. The number of halogens is 2. The SMILES string of the molecule is CC1CCCN(Cc2ccccc2CNC(=O)CC(C)C2CCCNC2)C1.Cl.Cl. The molecule has 3 rings (SSSR count). The number of hydrogen-bond donors (Lipinski definition) is 2. The maximum absolute atomic E-state index is 12.5. The average molecular weight is 444 g/mol. The van der Waals surface area contributed by atoms with Gasteiger partial charge in [-0.05, 0) is 74.2 Å². The Balaban J connectivity index is 0.00000210. The van der Waals surface area contributed by atoms with Crippen molar-refractivity contribution in [2.75, 3.05) is 26.2 Å². The quantitative estimate of drug-likeness (QED) is 0.655. The van der Waals surface area contributed by atoms with Crippen LogP contribution >= 0.6 is 24.8 Å². The summed E-state index contributed by atoms with van der Waals surface area (Å²) < 4.78 is 0. The Labute approximate surface area is 189 Å². The smallest absolute Gasteiger partial charge is 0.220 e. The number of carbonyl (C=O) groups is 1. The number of piperidine rings is 2. The number of benzene rings is 1. The Bertz CT molecular complexity index is 608. The molecule has 0 aromatic heterocycles. The van der Waals surface area contributed by atoms with Crippen molar-refractivity contribution < 1.29 is 4.79 Å². The second kappa shape index (κ2) is 13.5. The Hall–Kier alpha value is -0.810. The van der Waals surface area contributed by atoms with Crippen molar-refractivity contribution in [2.45, 2.75) is 59.0 Å². The summed E-state index contributed by atoms with van der Waals surface area (Å²) in [6.45, 7) is 10.8. The summed E-state index contributed by atoms with van der Waals surface area (Å²) in [4.78, 5) is 15.0. The predicted molar refractivity (Wildman–Crippen MR) is 126 cm³/mol. The maximum Gasteiger partial charge on any atom is 0.220 e. The summed E-state index contributed by atoms with van der Waals surface area (Å²) in [5, 5.41) is 6.64. The van der Waals surface area contributed by atoms with Gasteiger partial charge in [-0.3, -0.25) is 9.69 Å². The van der Waals surface area contributed by atoms with Gasteiger partial charge in [-0.1, -0.05) is 38.1 Å². The van der Waals surface area contributed by atoms with E-state index in [4.69, 9.17) is 0 Å². The van der Waals surface area contributed by atoms with Gasteiger partial charge in [-0.15, -0.1) is 24.8 Å². The summed E-state index contributed by atoms with van der Waals surface area (Å²) in [7, 11) is 0. The van der Waals surface area contributed by atoms with Crippen LogP contribution in [0.3, 0.4) is 0 Å². The van der Waals surface area contributed by atoms with Gasteiger partial charge >= 0.3 is 0 Å². The first-order valence-corrected chi connectivity index (χ1v) is 10.9. The van der Waals surface area contributed by atoms with Gasteiger partial charge in [0.1, 0.15) is 0 Å². The number of nitrogens with one attached hydrogen (secondary N) is 2. The highest BCUT2D eigenvalue weighted by Crippen LogP contribution is 2.23. The van der Waals surface area contributed by atoms with Crippen LogP contribution in [0.5, 0.6) is 0 Å². The third-order valence-corrected chi connectivity index (χ3v) is 6.38. The molecular formula is C23H39Cl2N3O. The van der Waals surface area contributed by atoms with Crippen LogP contribution in [0.2, 0.25) is 0 Å². The van der Waals surface area contributed by atoms with Gasteiger partial charge < -0.3 is 10.6 Å². The van der Waals surface area contributed by atoms with Crippen LogP contribution in [0.25, 0.3) is 0 Å². The molecule has 2 saturated heterocycles. The minimum absolute atomic E-state index is 0. The van der Waals surface area contributed by atoms with Gasteiger partial charge in [-0.2, -0.15) is 0 Å². The third-order valence-electron chi connectivity index (χ3n) is 6.38. The van der Waals surface area contributed by atoms with Crippen molar-refractivity contribution in [3.8, 4) is 0 Å². The van der Waals surface area contributed by atoms with Crippen LogP contribution in [0.1, 0.15) is 57.1 Å². The lowest BCUT2D eigenvalue weighted by Crippen LogP contribution is -2.36. The predicted octanol–water partition coefficient (Wildman–Crippen LogP) is 4.40. The van der Waals surface area contributed by atoms with E-state index >= 15 is 0 Å². The highest BCUT2D eigenvalue weighted by Gasteiger charge is 2.22. The average Bonchev–Trinajstić information content (AvgIpc) is 2.68. The fraction of sp³-hybridized carbons (Fsp3) is 0.696. The van der Waals surface area contributed by atoms with Crippen LogP contribution in [0, 0.1) is 17.8 Å². The van der Waals surface area contributed by atoms with E-state index in [1.807, 2.05) is 0 Å². The van der Waals surface area contributed by atoms with Crippen molar-refractivity contribution in [3.05, 3.63) is 35.4 Å². The molecule has 2 aliphatic heterocycles. The molecule has 1 amide bonds. The molecule has 4 nitrogen and oxygen atoms in total. The van der Waals surface area contributed by atoms with E-state index in [-0.39, 0.29) is 30.7 Å². The summed E-state index contributed by atoms with van der Waals surface area (Å²) in [6, 6.07) is 8.58. The van der Waals surface area contributed by atoms with Gasteiger partial charge in [0.2, 0.25) is 5.91 Å². The fourth-order valence-electron chi connectivity index (χ4n) is 4.64. The molecule has 0 saturated carbocycles. The molecule has 1 aromatic carbocycles. The van der Waals surface area contributed by atoms with Gasteiger partial charge in [0.05, 0.1) is 0 Å². The second-order valence-electron chi connectivity index (χ2n) is 8.82. The number of likely N-dealkylation sites (tertiary alicyclic amines) is 1. The molecule has 1 aromatic rings. The highest BCUT2D eigenvalue weighted by molar-refractivity contribution is 5.85. The van der Waals surface area contributed by atoms with Crippen LogP contribution in [-0.2, 0) is 17.9 Å². The topological polar surface area (TPSA) is 44.4 Å². The zero-order valence-electron chi connectivity index (χ0n) is 18.0. The first kappa shape index (κ1) is 26.2. The lowest BCUT2D eigenvalue weighted by molar-refractivity contribution is -0.122. The van der Waals surface area contributed by atoms with Gasteiger partial charge in [0.15, 0.2) is 0 Å². The monoisotopic (exact) mass is 443 g/mol. The summed E-state index contributed by atoms with van der Waals surface area (Å²) in [6.07, 6.45) is 5.77. The minimum Gasteiger partial charge on any atom is -0.352 e. The van der Waals surface area contributed by atoms with E-state index < -0.39 is 0 Å². The number of carbonyl (C=O) groups excluding carboxylic acids is 1. The molecule has 0 bridgehead atoms. The molecule has 3 unspecified atom stereocenters. The molecule has 0 aliphatic carbocycles. The third kappa shape index (κ3) is 8.45. The standard InChI is InChI=1S/C23H37N3O.2ClH/c1-18-7-6-12-26(16-18)17-22-9-4-3-8-21(22)15-25-23(27)13-19(2)20-10-5-11-24-14-20;;/h3-4,8-9,18-20,24H,5-7,10-17H2,1-2H3,(H,25,27);2*1H. The molecule has 166 valence electrons. The van der Waals surface area contributed by atoms with E-state index in [2.05, 4.69) is 53.6 Å². The maximum atomic E-state index is 12.5. The van der Waals surface area contributed by atoms with E-state index in [1.165, 1.54) is 49.9 Å². The number of nitrogens with zero attached hydrogens (tertiary/aromatic N) is 1. The molecule has 3 atom stereocenters. The van der Waals surface area contributed by atoms with Crippen molar-refractivity contribution in [1.29, 1.82) is 0 Å². The molecule has 2 fully saturated rings. The number of amides is 1. The molecule has 29 heavy (non-hydrogen) atoms. The van der Waals surface area contributed by atoms with Crippen molar-refractivity contribution in [2.24, 2.45) is 17.8 Å². The molecule has 2 N–H and O–H groups in total. The van der Waals surface area contributed by atoms with Crippen molar-refractivity contribution >= 4 is 30.7 Å². The molecule has 0 spiro atoms. The van der Waals surface area contributed by atoms with Crippen LogP contribution in [-0.4, -0.2) is 37.0 Å². The summed E-state index contributed by atoms with van der Waals surface area (Å²) in [5.41, 5.74) is 2.62. The second-order valence-corrected chi connectivity index (χ2v) is 8.82. The molecule has 0 radical (unpaired) electrons. The van der Waals surface area contributed by atoms with E-state index in [9.17, 15) is 4.79 Å². The fourth-order valence-corrected chi connectivity index (χ4v) is 4.64. The Morgan fingerprint density at radius 3 is 2.66 bits per heavy atom. The Kier molecular flexibility index (Phi) is 12.2. The molecule has 2 aliphatic rings. The van der Waals surface area contributed by atoms with Crippen LogP contribution < -0.4 is 10.6 Å². The van der Waals surface area contributed by atoms with E-state index in [0.717, 1.165) is 25.6 Å². The first-order chi connectivity index (χ1) is 13.1. The summed E-state index contributed by atoms with van der Waals surface area (Å²) in [5.74, 6) is 2.07. The zero-order valence-corrected chi connectivity index (χ0v) is 19.6. The lowest BCUT2D eigenvalue weighted by Gasteiger charge is -2.31. The molecular weight excluding hydrogens is 405 g/mol. The van der Waals surface area contributed by atoms with Crippen LogP contribution in [0.4, 0.5) is 0 Å². The normalized spacial score (nSPS) is 23.4. The number of hydrogen-bond acceptors (Lipinski definition) is 3. The lowest BCUT2D eigenvalue weighted by atomic mass is 9.85. The number of rotatable bonds is 7. The largest absolute Gasteiger partial charge is 0.352 e. The van der Waals surface area contributed by atoms with E-state index in [0.29, 0.717) is 24.8 Å². The van der Waals surface area contributed by atoms with E-state index in [1.54, 1.807) is 0 Å². The van der Waals surface area contributed by atoms with Gasteiger partial charge in [0.25, 0.3) is 0 Å².